The smallest absolute Gasteiger partial charge is 0.543 e. The molecule has 0 spiro atoms. The van der Waals surface area contributed by atoms with Crippen LogP contribution in [-0.4, -0.2) is 95.3 Å². The molecular formula is C26H26F3N4NaO7S. The minimum atomic E-state index is -1.69. The molecule has 3 atom stereocenters. The number of carboxylic acid groups (broad SMARTS) is 1. The van der Waals surface area contributed by atoms with Crippen molar-refractivity contribution in [3.8, 4) is 0 Å². The van der Waals surface area contributed by atoms with Crippen molar-refractivity contribution >= 4 is 46.2 Å². The molecule has 11 nitrogen and oxygen atoms in total. The Kier molecular flexibility index (Phi) is 9.69. The van der Waals surface area contributed by atoms with Gasteiger partial charge in [-0.15, -0.1) is 0 Å². The fourth-order valence-electron chi connectivity index (χ4n) is 5.36. The van der Waals surface area contributed by atoms with Crippen molar-refractivity contribution in [2.24, 2.45) is 5.92 Å². The van der Waals surface area contributed by atoms with Gasteiger partial charge in [-0.3, -0.25) is 14.5 Å². The van der Waals surface area contributed by atoms with E-state index in [1.54, 1.807) is 0 Å². The number of nitrogens with zero attached hydrogens (tertiary/aromatic N) is 4. The number of aliphatic carboxylic acids is 1. The number of aliphatic hydroxyl groups is 1. The van der Waals surface area contributed by atoms with Gasteiger partial charge in [0.1, 0.15) is 35.7 Å². The zero-order valence-corrected chi connectivity index (χ0v) is 25.9. The first-order valence-electron chi connectivity index (χ1n) is 12.8. The van der Waals surface area contributed by atoms with Crippen molar-refractivity contribution in [1.29, 1.82) is 0 Å². The molecule has 2 saturated heterocycles. The van der Waals surface area contributed by atoms with Crippen LogP contribution < -0.4 is 45.0 Å². The topological polar surface area (TPSA) is 135 Å². The number of carbonyl (C=O) groups is 3. The van der Waals surface area contributed by atoms with Crippen LogP contribution >= 0.6 is 11.8 Å². The molecule has 1 aromatic carbocycles. The molecule has 3 aliphatic rings. The van der Waals surface area contributed by atoms with Crippen LogP contribution in [0.4, 0.5) is 18.9 Å². The summed E-state index contributed by atoms with van der Waals surface area (Å²) in [6.07, 6.45) is -0.123. The number of anilines is 1. The molecule has 3 aliphatic heterocycles. The number of halogens is 3. The molecule has 0 aliphatic carbocycles. The number of hydrogen-bond acceptors (Lipinski definition) is 10. The van der Waals surface area contributed by atoms with Gasteiger partial charge in [0.05, 0.1) is 46.0 Å². The predicted molar refractivity (Wildman–Crippen MR) is 140 cm³/mol. The Hall–Kier alpha value is -2.56. The molecule has 42 heavy (non-hydrogen) atoms. The Morgan fingerprint density at radius 1 is 1.21 bits per heavy atom. The molecule has 4 heterocycles. The molecule has 5 rings (SSSR count). The summed E-state index contributed by atoms with van der Waals surface area (Å²) >= 11 is 0.898. The van der Waals surface area contributed by atoms with Gasteiger partial charge in [0, 0.05) is 32.4 Å². The molecule has 0 saturated carbocycles. The molecule has 2 aromatic rings. The number of alkyl halides is 1. The number of esters is 1. The number of pyridine rings is 1. The van der Waals surface area contributed by atoms with E-state index < -0.39 is 88.8 Å². The standard InChI is InChI=1S/C26H27F3N4O7S.Na/c1-12(34)17-23(36)33-21(25(37)38)16(41-24(17)33)11-40-26(39)14-10-32(4-3-27)19-13(22(14)35)9-15(28)20(18(19)29)31-7-5-30(2)6-8-31;/h9-10,12,17,24,34H,3-8,11H2,1-2H3,(H,37,38);/q;+1/p-1/t12-,17?,24?;/m0./s1. The third-order valence-corrected chi connectivity index (χ3v) is 8.84. The molecule has 2 unspecified atom stereocenters. The third-order valence-electron chi connectivity index (χ3n) is 7.49. The fourth-order valence-corrected chi connectivity index (χ4v) is 6.88. The molecule has 1 N–H and O–H groups in total. The van der Waals surface area contributed by atoms with Gasteiger partial charge in [-0.1, -0.05) is 11.8 Å². The quantitative estimate of drug-likeness (QED) is 0.186. The summed E-state index contributed by atoms with van der Waals surface area (Å²) in [7, 11) is 1.87. The molecular weight excluding hydrogens is 592 g/mol. The second-order valence-electron chi connectivity index (χ2n) is 10.1. The number of β-lactam (4-membered cyclic amide) rings is 1. The van der Waals surface area contributed by atoms with Crippen LogP contribution in [0.2, 0.25) is 0 Å². The van der Waals surface area contributed by atoms with Gasteiger partial charge in [-0.2, -0.15) is 0 Å². The van der Waals surface area contributed by atoms with Gasteiger partial charge in [-0.25, -0.2) is 18.0 Å². The minimum Gasteiger partial charge on any atom is -0.543 e. The van der Waals surface area contributed by atoms with E-state index in [0.717, 1.165) is 33.5 Å². The number of carboxylic acids is 1. The molecule has 0 radical (unpaired) electrons. The number of piperazine rings is 1. The van der Waals surface area contributed by atoms with Crippen LogP contribution in [0.3, 0.4) is 0 Å². The van der Waals surface area contributed by atoms with Gasteiger partial charge >= 0.3 is 35.5 Å². The van der Waals surface area contributed by atoms with Crippen LogP contribution in [0.1, 0.15) is 17.3 Å². The van der Waals surface area contributed by atoms with E-state index in [2.05, 4.69) is 0 Å². The fraction of sp³-hybridized carbons (Fsp3) is 0.462. The van der Waals surface area contributed by atoms with Crippen LogP contribution in [0.25, 0.3) is 10.9 Å². The van der Waals surface area contributed by atoms with E-state index in [0.29, 0.717) is 26.2 Å². The Morgan fingerprint density at radius 2 is 1.88 bits per heavy atom. The van der Waals surface area contributed by atoms with Crippen LogP contribution in [0, 0.1) is 17.6 Å². The minimum absolute atomic E-state index is 0. The van der Waals surface area contributed by atoms with E-state index in [-0.39, 0.29) is 45.7 Å². The van der Waals surface area contributed by atoms with E-state index in [1.165, 1.54) is 11.8 Å². The number of benzene rings is 1. The number of fused-ring (bicyclic) bond motifs is 2. The van der Waals surface area contributed by atoms with Crippen LogP contribution in [-0.2, 0) is 20.9 Å². The van der Waals surface area contributed by atoms with Crippen molar-refractivity contribution in [2.45, 2.75) is 24.9 Å². The Labute approximate surface area is 264 Å². The number of hydrogen-bond donors (Lipinski definition) is 1. The van der Waals surface area contributed by atoms with E-state index in [1.807, 2.05) is 11.9 Å². The summed E-state index contributed by atoms with van der Waals surface area (Å²) in [6, 6.07) is 0.816. The van der Waals surface area contributed by atoms with E-state index in [9.17, 15) is 33.8 Å². The third kappa shape index (κ3) is 5.46. The summed E-state index contributed by atoms with van der Waals surface area (Å²) < 4.78 is 50.6. The number of likely N-dealkylation sites (N-methyl/N-ethyl adjacent to an activating group) is 1. The maximum absolute atomic E-state index is 15.8. The first kappa shape index (κ1) is 32.4. The van der Waals surface area contributed by atoms with Crippen molar-refractivity contribution in [3.63, 3.8) is 0 Å². The maximum Gasteiger partial charge on any atom is 1.00 e. The second kappa shape index (κ2) is 12.6. The molecule has 0 bridgehead atoms. The average molecular weight is 619 g/mol. The van der Waals surface area contributed by atoms with Crippen molar-refractivity contribution in [1.82, 2.24) is 14.4 Å². The van der Waals surface area contributed by atoms with Crippen molar-refractivity contribution in [2.75, 3.05) is 51.4 Å². The summed E-state index contributed by atoms with van der Waals surface area (Å²) in [5, 5.41) is 20.4. The monoisotopic (exact) mass is 618 g/mol. The second-order valence-corrected chi connectivity index (χ2v) is 11.3. The number of carbonyl (C=O) groups excluding carboxylic acids is 3. The Morgan fingerprint density at radius 3 is 2.48 bits per heavy atom. The van der Waals surface area contributed by atoms with Gasteiger partial charge in [0.15, 0.2) is 5.82 Å². The average Bonchev–Trinajstić information content (AvgIpc) is 3.24. The Balaban J connectivity index is 0.00000405. The number of ether oxygens (including phenoxy) is 1. The summed E-state index contributed by atoms with van der Waals surface area (Å²) in [5.74, 6) is -6.49. The first-order valence-corrected chi connectivity index (χ1v) is 13.7. The molecule has 1 amide bonds. The van der Waals surface area contributed by atoms with Gasteiger partial charge in [0.25, 0.3) is 0 Å². The van der Waals surface area contributed by atoms with E-state index >= 15 is 8.78 Å². The number of thioether (sulfide) groups is 1. The number of rotatable bonds is 8. The Bertz CT molecular complexity index is 1540. The van der Waals surface area contributed by atoms with Crippen LogP contribution in [0.15, 0.2) is 27.7 Å². The summed E-state index contributed by atoms with van der Waals surface area (Å²) in [4.78, 5) is 54.7. The SMILES string of the molecule is C[C@H](O)C1C(=O)N2C(C(=O)[O-])=C(COC(=O)c3cn(CCF)c4c(F)c(N5CCN(C)CC5)c(F)cc4c3=O)SC12.[Na+]. The normalized spacial score (nSPS) is 21.2. The van der Waals surface area contributed by atoms with Crippen LogP contribution in [0.5, 0.6) is 0 Å². The number of aromatic nitrogens is 1. The zero-order chi connectivity index (χ0) is 29.7. The molecule has 1 aromatic heterocycles. The predicted octanol–water partition coefficient (Wildman–Crippen LogP) is -2.96. The maximum atomic E-state index is 15.8. The van der Waals surface area contributed by atoms with E-state index in [4.69, 9.17) is 4.74 Å². The summed E-state index contributed by atoms with van der Waals surface area (Å²) in [6.45, 7) is 1.07. The molecule has 220 valence electrons. The molecule has 16 heteroatoms. The number of amides is 1. The van der Waals surface area contributed by atoms with Gasteiger partial charge in [-0.05, 0) is 20.0 Å². The zero-order valence-electron chi connectivity index (χ0n) is 23.1. The van der Waals surface area contributed by atoms with Crippen molar-refractivity contribution < 1.29 is 72.1 Å². The van der Waals surface area contributed by atoms with Gasteiger partial charge in [0.2, 0.25) is 11.3 Å². The van der Waals surface area contributed by atoms with Gasteiger partial charge < -0.3 is 34.1 Å². The molecule has 2 fully saturated rings. The van der Waals surface area contributed by atoms with Crippen molar-refractivity contribution in [3.05, 3.63) is 50.3 Å². The largest absolute Gasteiger partial charge is 1.00 e. The number of aryl methyl sites for hydroxylation is 1. The first-order chi connectivity index (χ1) is 19.5. The summed E-state index contributed by atoms with van der Waals surface area (Å²) in [5.41, 5.74) is -2.91. The number of aliphatic hydroxyl groups excluding tert-OH is 1.